The molecule has 7 aromatic rings. The minimum atomic E-state index is -0.614. The Morgan fingerprint density at radius 1 is 0.717 bits per heavy atom. The van der Waals surface area contributed by atoms with Crippen molar-refractivity contribution in [2.24, 2.45) is 0 Å². The van der Waals surface area contributed by atoms with Crippen LogP contribution in [0.5, 0.6) is 0 Å². The van der Waals surface area contributed by atoms with Gasteiger partial charge in [0, 0.05) is 27.1 Å². The van der Waals surface area contributed by atoms with Gasteiger partial charge in [-0.05, 0) is 71.3 Å². The van der Waals surface area contributed by atoms with Gasteiger partial charge in [0.25, 0.3) is 11.8 Å². The summed E-state index contributed by atoms with van der Waals surface area (Å²) in [5.41, 5.74) is 5.47. The second kappa shape index (κ2) is 16.4. The number of anilines is 2. The number of amides is 3. The highest BCUT2D eigenvalue weighted by Crippen LogP contribution is 2.38. The fourth-order valence-corrected chi connectivity index (χ4v) is 7.44. The third-order valence-electron chi connectivity index (χ3n) is 8.38. The monoisotopic (exact) mass is 730 g/mol. The number of fused-ring (bicyclic) bond motifs is 1. The van der Waals surface area contributed by atoms with Crippen LogP contribution in [0, 0.1) is 6.92 Å². The van der Waals surface area contributed by atoms with Gasteiger partial charge in [0.1, 0.15) is 10.9 Å². The quantitative estimate of drug-likeness (QED) is 0.0909. The molecule has 1 atom stereocenters. The van der Waals surface area contributed by atoms with Gasteiger partial charge in [-0.3, -0.25) is 14.4 Å². The molecule has 0 saturated heterocycles. The Morgan fingerprint density at radius 2 is 1.43 bits per heavy atom. The van der Waals surface area contributed by atoms with E-state index in [1.54, 1.807) is 36.4 Å². The molecule has 53 heavy (non-hydrogen) atoms. The Balaban J connectivity index is 1.09. The van der Waals surface area contributed by atoms with Crippen molar-refractivity contribution in [2.75, 3.05) is 10.6 Å². The van der Waals surface area contributed by atoms with Gasteiger partial charge in [0.2, 0.25) is 5.91 Å². The molecule has 260 valence electrons. The minimum Gasteiger partial charge on any atom is -0.321 e. The Labute approximate surface area is 315 Å². The Bertz CT molecular complexity index is 2430. The standard InChI is InChI=1S/C44H34N4O3S2/c1-29-19-21-30(22-20-29)25-38(46-41(49)33-14-6-3-7-15-33)42(50)45-36-17-10-18-37(27-36)53-40(32-12-4-2-5-13-32)43(51)48-44-47-39(28-52-44)35-24-23-31-11-8-9-16-34(31)26-35/h2-28,40H,1H3,(H,45,50)(H,46,49)(H,47,48,51)/b38-25-. The van der Waals surface area contributed by atoms with Crippen LogP contribution < -0.4 is 16.0 Å². The number of thiazole rings is 1. The van der Waals surface area contributed by atoms with Crippen LogP contribution in [-0.4, -0.2) is 22.7 Å². The van der Waals surface area contributed by atoms with Crippen LogP contribution in [0.1, 0.15) is 32.3 Å². The number of aromatic nitrogens is 1. The van der Waals surface area contributed by atoms with Gasteiger partial charge < -0.3 is 16.0 Å². The van der Waals surface area contributed by atoms with E-state index in [-0.39, 0.29) is 11.6 Å². The number of hydrogen-bond donors (Lipinski definition) is 3. The summed E-state index contributed by atoms with van der Waals surface area (Å²) in [6, 6.07) is 47.6. The maximum atomic E-state index is 13.9. The molecule has 3 N–H and O–H groups in total. The number of carbonyl (C=O) groups excluding carboxylic acids is 3. The number of rotatable bonds is 11. The van der Waals surface area contributed by atoms with E-state index >= 15 is 0 Å². The smallest absolute Gasteiger partial charge is 0.272 e. The summed E-state index contributed by atoms with van der Waals surface area (Å²) in [6.07, 6.45) is 1.65. The molecular formula is C44H34N4O3S2. The molecule has 0 aliphatic carbocycles. The van der Waals surface area contributed by atoms with Crippen molar-refractivity contribution >= 4 is 68.5 Å². The Hall–Kier alpha value is -6.29. The van der Waals surface area contributed by atoms with E-state index in [1.807, 2.05) is 109 Å². The number of benzene rings is 6. The van der Waals surface area contributed by atoms with Crippen LogP contribution in [0.3, 0.4) is 0 Å². The molecule has 3 amide bonds. The number of thioether (sulfide) groups is 1. The van der Waals surface area contributed by atoms with Crippen molar-refractivity contribution < 1.29 is 14.4 Å². The van der Waals surface area contributed by atoms with Crippen molar-refractivity contribution in [3.63, 3.8) is 0 Å². The van der Waals surface area contributed by atoms with Gasteiger partial charge in [-0.2, -0.15) is 0 Å². The summed E-state index contributed by atoms with van der Waals surface area (Å²) < 4.78 is 0. The van der Waals surface area contributed by atoms with Crippen LogP contribution in [0.25, 0.3) is 28.1 Å². The minimum absolute atomic E-state index is 0.0915. The van der Waals surface area contributed by atoms with Gasteiger partial charge in [0.15, 0.2) is 5.13 Å². The van der Waals surface area contributed by atoms with Gasteiger partial charge >= 0.3 is 0 Å². The summed E-state index contributed by atoms with van der Waals surface area (Å²) in [6.45, 7) is 1.98. The molecular weight excluding hydrogens is 697 g/mol. The highest BCUT2D eigenvalue weighted by molar-refractivity contribution is 8.00. The lowest BCUT2D eigenvalue weighted by Crippen LogP contribution is -2.30. The molecule has 1 aromatic heterocycles. The Kier molecular flexibility index (Phi) is 10.9. The number of hydrogen-bond acceptors (Lipinski definition) is 6. The molecule has 9 heteroatoms. The summed E-state index contributed by atoms with van der Waals surface area (Å²) in [7, 11) is 0. The first-order chi connectivity index (χ1) is 25.9. The van der Waals surface area contributed by atoms with Crippen LogP contribution in [0.15, 0.2) is 168 Å². The maximum Gasteiger partial charge on any atom is 0.272 e. The zero-order chi connectivity index (χ0) is 36.6. The normalized spacial score (nSPS) is 11.8. The largest absolute Gasteiger partial charge is 0.321 e. The van der Waals surface area contributed by atoms with Gasteiger partial charge in [-0.25, -0.2) is 4.98 Å². The van der Waals surface area contributed by atoms with E-state index in [1.165, 1.54) is 23.1 Å². The molecule has 0 bridgehead atoms. The van der Waals surface area contributed by atoms with Crippen molar-refractivity contribution in [3.05, 3.63) is 185 Å². The second-order valence-electron chi connectivity index (χ2n) is 12.3. The average molecular weight is 731 g/mol. The molecule has 7 rings (SSSR count). The number of aryl methyl sites for hydroxylation is 1. The van der Waals surface area contributed by atoms with E-state index in [4.69, 9.17) is 4.98 Å². The zero-order valence-corrected chi connectivity index (χ0v) is 30.3. The molecule has 0 fully saturated rings. The lowest BCUT2D eigenvalue weighted by Gasteiger charge is -2.17. The van der Waals surface area contributed by atoms with Crippen molar-refractivity contribution in [3.8, 4) is 11.3 Å². The number of carbonyl (C=O) groups is 3. The van der Waals surface area contributed by atoms with E-state index in [0.29, 0.717) is 16.4 Å². The van der Waals surface area contributed by atoms with E-state index in [0.717, 1.165) is 43.6 Å². The third kappa shape index (κ3) is 8.96. The van der Waals surface area contributed by atoms with Crippen molar-refractivity contribution in [1.29, 1.82) is 0 Å². The first-order valence-corrected chi connectivity index (χ1v) is 18.7. The van der Waals surface area contributed by atoms with E-state index < -0.39 is 17.1 Å². The summed E-state index contributed by atoms with van der Waals surface area (Å²) in [4.78, 5) is 46.2. The lowest BCUT2D eigenvalue weighted by atomic mass is 10.1. The highest BCUT2D eigenvalue weighted by atomic mass is 32.2. The van der Waals surface area contributed by atoms with Crippen LogP contribution in [-0.2, 0) is 9.59 Å². The number of nitrogens with zero attached hydrogens (tertiary/aromatic N) is 1. The summed E-state index contributed by atoms with van der Waals surface area (Å²) in [5, 5.41) is 12.9. The fourth-order valence-electron chi connectivity index (χ4n) is 5.64. The van der Waals surface area contributed by atoms with Crippen molar-refractivity contribution in [2.45, 2.75) is 17.1 Å². The SMILES string of the molecule is Cc1ccc(/C=C(\NC(=O)c2ccccc2)C(=O)Nc2cccc(SC(C(=O)Nc3nc(-c4ccc5ccccc5c4)cs3)c3ccccc3)c2)cc1. The molecule has 7 nitrogen and oxygen atoms in total. The Morgan fingerprint density at radius 3 is 2.21 bits per heavy atom. The first kappa shape index (κ1) is 35.1. The molecule has 1 unspecified atom stereocenters. The van der Waals surface area contributed by atoms with Gasteiger partial charge in [-0.1, -0.05) is 121 Å². The molecule has 0 aliphatic rings. The maximum absolute atomic E-state index is 13.9. The highest BCUT2D eigenvalue weighted by Gasteiger charge is 2.24. The second-order valence-corrected chi connectivity index (χ2v) is 14.3. The van der Waals surface area contributed by atoms with Crippen LogP contribution in [0.2, 0.25) is 0 Å². The average Bonchev–Trinajstić information content (AvgIpc) is 3.66. The molecule has 6 aromatic carbocycles. The van der Waals surface area contributed by atoms with Gasteiger partial charge in [0.05, 0.1) is 5.69 Å². The summed E-state index contributed by atoms with van der Waals surface area (Å²) in [5.74, 6) is -1.10. The number of nitrogens with one attached hydrogen (secondary N) is 3. The van der Waals surface area contributed by atoms with Crippen LogP contribution >= 0.6 is 23.1 Å². The van der Waals surface area contributed by atoms with Gasteiger partial charge in [-0.15, -0.1) is 23.1 Å². The van der Waals surface area contributed by atoms with E-state index in [2.05, 4.69) is 40.2 Å². The molecule has 0 aliphatic heterocycles. The molecule has 0 radical (unpaired) electrons. The fraction of sp³-hybridized carbons (Fsp3) is 0.0455. The van der Waals surface area contributed by atoms with Crippen molar-refractivity contribution in [1.82, 2.24) is 10.3 Å². The molecule has 0 spiro atoms. The lowest BCUT2D eigenvalue weighted by molar-refractivity contribution is -0.116. The predicted octanol–water partition coefficient (Wildman–Crippen LogP) is 10.2. The van der Waals surface area contributed by atoms with Crippen LogP contribution in [0.4, 0.5) is 10.8 Å². The summed E-state index contributed by atoms with van der Waals surface area (Å²) >= 11 is 2.74. The molecule has 1 heterocycles. The first-order valence-electron chi connectivity index (χ1n) is 16.9. The topological polar surface area (TPSA) is 100 Å². The zero-order valence-electron chi connectivity index (χ0n) is 28.7. The van der Waals surface area contributed by atoms with E-state index in [9.17, 15) is 14.4 Å². The molecule has 0 saturated carbocycles. The predicted molar refractivity (Wildman–Crippen MR) is 217 cm³/mol. The third-order valence-corrected chi connectivity index (χ3v) is 10.4.